The molecule has 3 N–H and O–H groups in total. The molecule has 2 aromatic carbocycles. The van der Waals surface area contributed by atoms with E-state index in [-0.39, 0.29) is 0 Å². The van der Waals surface area contributed by atoms with E-state index in [1.165, 1.54) is 5.56 Å². The topological polar surface area (TPSA) is 111 Å². The zero-order valence-corrected chi connectivity index (χ0v) is 17.4. The molecule has 8 heteroatoms. The van der Waals surface area contributed by atoms with Crippen LogP contribution in [0.1, 0.15) is 29.4 Å². The Morgan fingerprint density at radius 1 is 1.03 bits per heavy atom. The number of rotatable bonds is 5. The van der Waals surface area contributed by atoms with E-state index in [2.05, 4.69) is 62.9 Å². The molecule has 0 aliphatic rings. The third-order valence-electron chi connectivity index (χ3n) is 5.46. The molecule has 3 aromatic heterocycles. The second-order valence-corrected chi connectivity index (χ2v) is 7.49. The van der Waals surface area contributed by atoms with Crippen molar-refractivity contribution < 1.29 is 0 Å². The number of nitrogen functional groups attached to an aromatic ring is 1. The highest BCUT2D eigenvalue weighted by molar-refractivity contribution is 5.80. The number of hydrogen-bond donors (Lipinski definition) is 2. The van der Waals surface area contributed by atoms with Gasteiger partial charge in [0.25, 0.3) is 0 Å². The largest absolute Gasteiger partial charge is 0.384 e. The fourth-order valence-electron chi connectivity index (χ4n) is 3.95. The minimum absolute atomic E-state index is 0.516. The summed E-state index contributed by atoms with van der Waals surface area (Å²) in [5.74, 6) is 1.10. The van der Waals surface area contributed by atoms with Crippen LogP contribution in [0, 0.1) is 6.92 Å². The molecule has 0 bridgehead atoms. The van der Waals surface area contributed by atoms with Gasteiger partial charge in [0.05, 0.1) is 5.69 Å². The summed E-state index contributed by atoms with van der Waals surface area (Å²) in [6.45, 7) is 4.11. The van der Waals surface area contributed by atoms with E-state index in [4.69, 9.17) is 10.8 Å². The summed E-state index contributed by atoms with van der Waals surface area (Å²) in [6.07, 6.45) is 1.59. The molecular weight excluding hydrogens is 388 g/mol. The summed E-state index contributed by atoms with van der Waals surface area (Å²) in [4.78, 5) is 4.56. The fraction of sp³-hybridized carbons (Fsp3) is 0.174. The standard InChI is InChI=1S/C23H22N8/c1-3-20-19(23-25-21(24)12-14(2)31(23)28-20)13-15-8-10-16(11-9-15)17-6-4-5-7-18(17)22-26-29-30-27-22/h4-12H,3,13H2,1-2H3,(H2,24,25)(H,26,27,29,30). The predicted molar refractivity (Wildman–Crippen MR) is 119 cm³/mol. The van der Waals surface area contributed by atoms with E-state index >= 15 is 0 Å². The monoisotopic (exact) mass is 410 g/mol. The number of aromatic amines is 1. The van der Waals surface area contributed by atoms with Crippen LogP contribution in [0.5, 0.6) is 0 Å². The van der Waals surface area contributed by atoms with Crippen molar-refractivity contribution >= 4 is 11.5 Å². The second-order valence-electron chi connectivity index (χ2n) is 7.49. The summed E-state index contributed by atoms with van der Waals surface area (Å²) in [6, 6.07) is 18.4. The Morgan fingerprint density at radius 2 is 1.81 bits per heavy atom. The minimum Gasteiger partial charge on any atom is -0.384 e. The van der Waals surface area contributed by atoms with Gasteiger partial charge in [-0.05, 0) is 35.2 Å². The number of aryl methyl sites for hydroxylation is 2. The maximum Gasteiger partial charge on any atom is 0.205 e. The Labute approximate surface area is 179 Å². The molecule has 8 nitrogen and oxygen atoms in total. The van der Waals surface area contributed by atoms with Crippen molar-refractivity contribution in [3.63, 3.8) is 0 Å². The molecule has 0 saturated carbocycles. The normalized spacial score (nSPS) is 11.3. The van der Waals surface area contributed by atoms with Crippen molar-refractivity contribution in [1.82, 2.24) is 35.2 Å². The van der Waals surface area contributed by atoms with E-state index in [9.17, 15) is 0 Å². The van der Waals surface area contributed by atoms with Crippen molar-refractivity contribution in [2.45, 2.75) is 26.7 Å². The molecule has 0 spiro atoms. The lowest BCUT2D eigenvalue weighted by molar-refractivity contribution is 0.855. The summed E-state index contributed by atoms with van der Waals surface area (Å²) < 4.78 is 1.89. The van der Waals surface area contributed by atoms with Gasteiger partial charge >= 0.3 is 0 Å². The predicted octanol–water partition coefficient (Wildman–Crippen LogP) is 3.62. The number of hydrogen-bond acceptors (Lipinski definition) is 6. The van der Waals surface area contributed by atoms with Gasteiger partial charge in [0.1, 0.15) is 5.82 Å². The van der Waals surface area contributed by atoms with Crippen LogP contribution in [0.3, 0.4) is 0 Å². The molecule has 0 amide bonds. The van der Waals surface area contributed by atoms with Gasteiger partial charge in [-0.3, -0.25) is 0 Å². The Hall–Kier alpha value is -4.07. The van der Waals surface area contributed by atoms with Crippen LogP contribution in [0.25, 0.3) is 28.2 Å². The quantitative estimate of drug-likeness (QED) is 0.458. The van der Waals surface area contributed by atoms with Crippen molar-refractivity contribution in [3.05, 3.63) is 77.1 Å². The lowest BCUT2D eigenvalue weighted by Gasteiger charge is -2.08. The van der Waals surface area contributed by atoms with Gasteiger partial charge in [0.2, 0.25) is 5.82 Å². The highest BCUT2D eigenvalue weighted by Crippen LogP contribution is 2.30. The van der Waals surface area contributed by atoms with Gasteiger partial charge in [-0.1, -0.05) is 55.5 Å². The van der Waals surface area contributed by atoms with E-state index < -0.39 is 0 Å². The number of tetrazole rings is 1. The third-order valence-corrected chi connectivity index (χ3v) is 5.46. The van der Waals surface area contributed by atoms with E-state index in [1.54, 1.807) is 0 Å². The summed E-state index contributed by atoms with van der Waals surface area (Å²) in [5, 5.41) is 19.2. The molecule has 5 aromatic rings. The number of fused-ring (bicyclic) bond motifs is 1. The third kappa shape index (κ3) is 3.42. The summed E-state index contributed by atoms with van der Waals surface area (Å²) in [5.41, 5.74) is 14.3. The molecule has 0 aliphatic heterocycles. The van der Waals surface area contributed by atoms with E-state index in [0.717, 1.165) is 52.1 Å². The van der Waals surface area contributed by atoms with Crippen LogP contribution in [0.15, 0.2) is 54.6 Å². The van der Waals surface area contributed by atoms with Gasteiger partial charge in [0, 0.05) is 29.3 Å². The molecule has 31 heavy (non-hydrogen) atoms. The molecule has 0 unspecified atom stereocenters. The highest BCUT2D eigenvalue weighted by Gasteiger charge is 2.16. The van der Waals surface area contributed by atoms with Gasteiger partial charge in [-0.2, -0.15) is 10.3 Å². The molecule has 0 atom stereocenters. The molecule has 0 aliphatic carbocycles. The van der Waals surface area contributed by atoms with Crippen LogP contribution in [0.4, 0.5) is 5.82 Å². The lowest BCUT2D eigenvalue weighted by Crippen LogP contribution is -2.00. The summed E-state index contributed by atoms with van der Waals surface area (Å²) >= 11 is 0. The first kappa shape index (κ1) is 18.9. The first-order valence-corrected chi connectivity index (χ1v) is 10.2. The van der Waals surface area contributed by atoms with Gasteiger partial charge in [-0.15, -0.1) is 10.2 Å². The zero-order valence-electron chi connectivity index (χ0n) is 17.4. The number of benzene rings is 2. The van der Waals surface area contributed by atoms with Crippen molar-refractivity contribution in [2.24, 2.45) is 0 Å². The first-order valence-electron chi connectivity index (χ1n) is 10.2. The Bertz CT molecular complexity index is 1350. The van der Waals surface area contributed by atoms with Gasteiger partial charge in [-0.25, -0.2) is 9.50 Å². The Morgan fingerprint density at radius 3 is 2.52 bits per heavy atom. The minimum atomic E-state index is 0.516. The average molecular weight is 410 g/mol. The number of H-pyrrole nitrogens is 1. The van der Waals surface area contributed by atoms with Crippen LogP contribution in [-0.4, -0.2) is 35.2 Å². The number of nitrogens with one attached hydrogen (secondary N) is 1. The fourth-order valence-corrected chi connectivity index (χ4v) is 3.95. The van der Waals surface area contributed by atoms with Gasteiger partial charge < -0.3 is 5.73 Å². The average Bonchev–Trinajstić information content (AvgIpc) is 3.43. The highest BCUT2D eigenvalue weighted by atomic mass is 15.5. The van der Waals surface area contributed by atoms with Crippen LogP contribution < -0.4 is 5.73 Å². The SMILES string of the molecule is CCc1nn2c(C)cc(N)nc2c1Cc1ccc(-c2ccccc2-c2nn[nH]n2)cc1. The molecule has 3 heterocycles. The molecule has 154 valence electrons. The molecule has 0 radical (unpaired) electrons. The van der Waals surface area contributed by atoms with Crippen molar-refractivity contribution in [3.8, 4) is 22.5 Å². The maximum absolute atomic E-state index is 6.01. The Balaban J connectivity index is 1.51. The van der Waals surface area contributed by atoms with Crippen LogP contribution in [-0.2, 0) is 12.8 Å². The van der Waals surface area contributed by atoms with E-state index in [0.29, 0.717) is 11.6 Å². The number of nitrogens with zero attached hydrogens (tertiary/aromatic N) is 6. The van der Waals surface area contributed by atoms with Crippen LogP contribution in [0.2, 0.25) is 0 Å². The molecule has 0 saturated heterocycles. The second kappa shape index (κ2) is 7.64. The smallest absolute Gasteiger partial charge is 0.205 e. The van der Waals surface area contributed by atoms with Crippen molar-refractivity contribution in [1.29, 1.82) is 0 Å². The van der Waals surface area contributed by atoms with Crippen LogP contribution >= 0.6 is 0 Å². The Kier molecular flexibility index (Phi) is 4.66. The number of aromatic nitrogens is 7. The summed E-state index contributed by atoms with van der Waals surface area (Å²) in [7, 11) is 0. The van der Waals surface area contributed by atoms with E-state index in [1.807, 2.05) is 35.7 Å². The molecule has 5 rings (SSSR count). The van der Waals surface area contributed by atoms with Gasteiger partial charge in [0.15, 0.2) is 5.65 Å². The lowest BCUT2D eigenvalue weighted by atomic mass is 9.96. The number of anilines is 1. The molecular formula is C23H22N8. The van der Waals surface area contributed by atoms with Crippen molar-refractivity contribution in [2.75, 3.05) is 5.73 Å². The maximum atomic E-state index is 6.01. The molecule has 0 fully saturated rings. The first-order chi connectivity index (χ1) is 15.1. The zero-order chi connectivity index (χ0) is 21.4. The number of nitrogens with two attached hydrogens (primary N) is 1.